The average molecular weight is 407 g/mol. The largest absolute Gasteiger partial charge is 0.496 e. The molecule has 30 heavy (non-hydrogen) atoms. The smallest absolute Gasteiger partial charge is 0.252 e. The molecule has 156 valence electrons. The zero-order chi connectivity index (χ0) is 21.5. The molecule has 7 nitrogen and oxygen atoms in total. The first-order chi connectivity index (χ1) is 14.6. The molecule has 0 spiro atoms. The second-order valence-electron chi connectivity index (χ2n) is 6.51. The maximum Gasteiger partial charge on any atom is 0.252 e. The van der Waals surface area contributed by atoms with Gasteiger partial charge in [-0.2, -0.15) is 0 Å². The maximum atomic E-state index is 13.1. The Morgan fingerprint density at radius 2 is 1.93 bits per heavy atom. The molecule has 1 aromatic heterocycles. The Bertz CT molecular complexity index is 1030. The summed E-state index contributed by atoms with van der Waals surface area (Å²) in [6, 6.07) is 12.1. The number of hydrogen-bond donors (Lipinski definition) is 1. The van der Waals surface area contributed by atoms with Crippen molar-refractivity contribution in [3.63, 3.8) is 0 Å². The Hall–Kier alpha value is -3.74. The molecule has 1 amide bonds. The van der Waals surface area contributed by atoms with Gasteiger partial charge in [-0.05, 0) is 24.3 Å². The molecule has 1 N–H and O–H groups in total. The molecular weight excluding hydrogens is 382 g/mol. The number of carbonyl (C=O) groups excluding carboxylic acids is 1. The van der Waals surface area contributed by atoms with Crippen molar-refractivity contribution in [1.29, 1.82) is 0 Å². The molecule has 1 unspecified atom stereocenters. The number of carbonyl (C=O) groups is 1. The zero-order valence-electron chi connectivity index (χ0n) is 17.3. The van der Waals surface area contributed by atoms with Crippen molar-refractivity contribution >= 4 is 5.91 Å². The third-order valence-electron chi connectivity index (χ3n) is 4.62. The van der Waals surface area contributed by atoms with Gasteiger partial charge in [-0.3, -0.25) is 4.79 Å². The van der Waals surface area contributed by atoms with Gasteiger partial charge in [0.25, 0.3) is 5.91 Å². The van der Waals surface area contributed by atoms with Crippen LogP contribution in [0.3, 0.4) is 0 Å². The van der Waals surface area contributed by atoms with E-state index in [1.807, 2.05) is 42.1 Å². The second kappa shape index (κ2) is 9.65. The second-order valence-corrected chi connectivity index (χ2v) is 6.51. The topological polar surface area (TPSA) is 74.6 Å². The highest BCUT2D eigenvalue weighted by molar-refractivity contribution is 5.95. The standard InChI is InChI=1S/C23H25N3O4/c1-5-14-30-19-11-10-16(15-20(19)29-4)23(27)25-21(22-24-12-13-26(22)2)17-8-6-7-9-18(17)28-3/h5-13,15,21H,1,14H2,2-4H3,(H,25,27). The van der Waals surface area contributed by atoms with Crippen LogP contribution in [0.1, 0.15) is 27.8 Å². The van der Waals surface area contributed by atoms with E-state index in [2.05, 4.69) is 16.9 Å². The van der Waals surface area contributed by atoms with E-state index in [1.54, 1.807) is 37.6 Å². The quantitative estimate of drug-likeness (QED) is 0.550. The predicted octanol–water partition coefficient (Wildman–Crippen LogP) is 3.52. The van der Waals surface area contributed by atoms with Gasteiger partial charge in [0.2, 0.25) is 0 Å². The molecular formula is C23H25N3O4. The van der Waals surface area contributed by atoms with E-state index in [0.717, 1.165) is 5.56 Å². The van der Waals surface area contributed by atoms with Crippen molar-refractivity contribution in [2.75, 3.05) is 20.8 Å². The number of aryl methyl sites for hydroxylation is 1. The van der Waals surface area contributed by atoms with E-state index in [4.69, 9.17) is 14.2 Å². The first-order valence-corrected chi connectivity index (χ1v) is 9.41. The first-order valence-electron chi connectivity index (χ1n) is 9.41. The van der Waals surface area contributed by atoms with Crippen molar-refractivity contribution < 1.29 is 19.0 Å². The molecule has 7 heteroatoms. The molecule has 0 aliphatic carbocycles. The number of nitrogens with one attached hydrogen (secondary N) is 1. The van der Waals surface area contributed by atoms with Crippen LogP contribution in [0.25, 0.3) is 0 Å². The summed E-state index contributed by atoms with van der Waals surface area (Å²) in [6.07, 6.45) is 5.17. The number of para-hydroxylation sites is 1. The fourth-order valence-electron chi connectivity index (χ4n) is 3.13. The molecule has 0 bridgehead atoms. The zero-order valence-corrected chi connectivity index (χ0v) is 17.3. The fourth-order valence-corrected chi connectivity index (χ4v) is 3.13. The SMILES string of the molecule is C=CCOc1ccc(C(=O)NC(c2ccccc2OC)c2nccn2C)cc1OC. The monoisotopic (exact) mass is 407 g/mol. The lowest BCUT2D eigenvalue weighted by Gasteiger charge is -2.21. The summed E-state index contributed by atoms with van der Waals surface area (Å²) in [5, 5.41) is 3.07. The minimum Gasteiger partial charge on any atom is -0.496 e. The number of ether oxygens (including phenoxy) is 3. The highest BCUT2D eigenvalue weighted by Crippen LogP contribution is 2.31. The Balaban J connectivity index is 1.94. The Labute approximate surface area is 175 Å². The molecule has 0 saturated heterocycles. The van der Waals surface area contributed by atoms with Crippen LogP contribution in [0.4, 0.5) is 0 Å². The Kier molecular flexibility index (Phi) is 6.75. The molecule has 0 radical (unpaired) electrons. The van der Waals surface area contributed by atoms with Gasteiger partial charge < -0.3 is 24.1 Å². The summed E-state index contributed by atoms with van der Waals surface area (Å²) in [7, 11) is 5.01. The Morgan fingerprint density at radius 3 is 2.60 bits per heavy atom. The van der Waals surface area contributed by atoms with Crippen molar-refractivity contribution in [1.82, 2.24) is 14.9 Å². The summed E-state index contributed by atoms with van der Waals surface area (Å²) in [5.41, 5.74) is 1.24. The molecule has 0 aliphatic heterocycles. The van der Waals surface area contributed by atoms with E-state index in [0.29, 0.717) is 35.2 Å². The molecule has 0 saturated carbocycles. The van der Waals surface area contributed by atoms with Gasteiger partial charge >= 0.3 is 0 Å². The molecule has 0 fully saturated rings. The van der Waals surface area contributed by atoms with Gasteiger partial charge in [0.05, 0.1) is 14.2 Å². The fraction of sp³-hybridized carbons (Fsp3) is 0.217. The van der Waals surface area contributed by atoms with Gasteiger partial charge in [-0.25, -0.2) is 4.98 Å². The molecule has 3 rings (SSSR count). The summed E-state index contributed by atoms with van der Waals surface area (Å²) in [4.78, 5) is 17.6. The third kappa shape index (κ3) is 4.46. The van der Waals surface area contributed by atoms with E-state index in [1.165, 1.54) is 7.11 Å². The lowest BCUT2D eigenvalue weighted by atomic mass is 10.0. The molecule has 0 aliphatic rings. The minimum absolute atomic E-state index is 0.275. The number of methoxy groups -OCH3 is 2. The number of hydrogen-bond acceptors (Lipinski definition) is 5. The molecule has 1 heterocycles. The van der Waals surface area contributed by atoms with Crippen molar-refractivity contribution in [2.24, 2.45) is 7.05 Å². The van der Waals surface area contributed by atoms with Crippen LogP contribution < -0.4 is 19.5 Å². The lowest BCUT2D eigenvalue weighted by Crippen LogP contribution is -2.31. The van der Waals surface area contributed by atoms with Crippen LogP contribution in [-0.4, -0.2) is 36.3 Å². The van der Waals surface area contributed by atoms with Gasteiger partial charge in [-0.1, -0.05) is 30.9 Å². The molecule has 2 aromatic carbocycles. The van der Waals surface area contributed by atoms with Gasteiger partial charge in [0.15, 0.2) is 11.5 Å². The summed E-state index contributed by atoms with van der Waals surface area (Å²) < 4.78 is 18.3. The number of rotatable bonds is 9. The highest BCUT2D eigenvalue weighted by atomic mass is 16.5. The van der Waals surface area contributed by atoms with Crippen LogP contribution in [0, 0.1) is 0 Å². The lowest BCUT2D eigenvalue weighted by molar-refractivity contribution is 0.0940. The molecule has 3 aromatic rings. The van der Waals surface area contributed by atoms with Crippen molar-refractivity contribution in [3.05, 3.63) is 84.5 Å². The number of benzene rings is 2. The van der Waals surface area contributed by atoms with Gasteiger partial charge in [0, 0.05) is 30.6 Å². The maximum absolute atomic E-state index is 13.1. The van der Waals surface area contributed by atoms with Gasteiger partial charge in [-0.15, -0.1) is 0 Å². The van der Waals surface area contributed by atoms with Crippen LogP contribution in [0.5, 0.6) is 17.2 Å². The van der Waals surface area contributed by atoms with E-state index in [9.17, 15) is 4.79 Å². The van der Waals surface area contributed by atoms with Crippen LogP contribution in [0.2, 0.25) is 0 Å². The van der Waals surface area contributed by atoms with Crippen molar-refractivity contribution in [3.8, 4) is 17.2 Å². The summed E-state index contributed by atoms with van der Waals surface area (Å²) >= 11 is 0. The summed E-state index contributed by atoms with van der Waals surface area (Å²) in [5.74, 6) is 2.08. The van der Waals surface area contributed by atoms with E-state index in [-0.39, 0.29) is 5.91 Å². The van der Waals surface area contributed by atoms with Crippen molar-refractivity contribution in [2.45, 2.75) is 6.04 Å². The Morgan fingerprint density at radius 1 is 1.17 bits per heavy atom. The van der Waals surface area contributed by atoms with Crippen LogP contribution in [-0.2, 0) is 7.05 Å². The minimum atomic E-state index is -0.503. The van der Waals surface area contributed by atoms with E-state index < -0.39 is 6.04 Å². The first kappa shape index (κ1) is 21.0. The highest BCUT2D eigenvalue weighted by Gasteiger charge is 2.24. The van der Waals surface area contributed by atoms with Gasteiger partial charge in [0.1, 0.15) is 24.2 Å². The normalized spacial score (nSPS) is 11.4. The predicted molar refractivity (Wildman–Crippen MR) is 114 cm³/mol. The molecule has 1 atom stereocenters. The average Bonchev–Trinajstić information content (AvgIpc) is 3.21. The number of imidazole rings is 1. The van der Waals surface area contributed by atoms with E-state index >= 15 is 0 Å². The third-order valence-corrected chi connectivity index (χ3v) is 4.62. The summed E-state index contributed by atoms with van der Waals surface area (Å²) in [6.45, 7) is 3.98. The number of nitrogens with zero attached hydrogens (tertiary/aromatic N) is 2. The number of amides is 1. The van der Waals surface area contributed by atoms with Crippen LogP contribution in [0.15, 0.2) is 67.5 Å². The number of aromatic nitrogens is 2. The van der Waals surface area contributed by atoms with Crippen LogP contribution >= 0.6 is 0 Å².